The summed E-state index contributed by atoms with van der Waals surface area (Å²) in [5.74, 6) is -1.15. The van der Waals surface area contributed by atoms with Crippen molar-refractivity contribution in [3.05, 3.63) is 94.5 Å². The van der Waals surface area contributed by atoms with Gasteiger partial charge in [0.1, 0.15) is 0 Å². The molecule has 2 aliphatic rings. The Morgan fingerprint density at radius 2 is 1.60 bits per heavy atom. The molecule has 7 heteroatoms. The first-order valence-electron chi connectivity index (χ1n) is 11.8. The summed E-state index contributed by atoms with van der Waals surface area (Å²) in [6.45, 7) is 3.01. The second-order valence-electron chi connectivity index (χ2n) is 8.74. The summed E-state index contributed by atoms with van der Waals surface area (Å²) in [4.78, 5) is 54.0. The van der Waals surface area contributed by atoms with E-state index in [9.17, 15) is 19.2 Å². The third-order valence-corrected chi connectivity index (χ3v) is 6.49. The molecule has 0 bridgehead atoms. The maximum Gasteiger partial charge on any atom is 0.261 e. The Balaban J connectivity index is 1.28. The number of imide groups is 1. The first kappa shape index (κ1) is 22.5. The molecular weight excluding hydrogens is 442 g/mol. The van der Waals surface area contributed by atoms with Gasteiger partial charge in [-0.3, -0.25) is 24.1 Å². The molecule has 0 atom stereocenters. The Bertz CT molecular complexity index is 1350. The molecule has 3 aromatic rings. The van der Waals surface area contributed by atoms with Crippen LogP contribution in [0.4, 0.5) is 11.4 Å². The van der Waals surface area contributed by atoms with Crippen molar-refractivity contribution in [3.63, 3.8) is 0 Å². The average Bonchev–Trinajstić information content (AvgIpc) is 3.41. The molecule has 0 radical (unpaired) electrons. The van der Waals surface area contributed by atoms with Crippen molar-refractivity contribution >= 4 is 35.0 Å². The zero-order valence-electron chi connectivity index (χ0n) is 19.4. The van der Waals surface area contributed by atoms with Gasteiger partial charge in [0.25, 0.3) is 23.6 Å². The molecule has 35 heavy (non-hydrogen) atoms. The number of benzene rings is 3. The minimum Gasteiger partial charge on any atom is -0.322 e. The fourth-order valence-electron chi connectivity index (χ4n) is 4.56. The fourth-order valence-corrected chi connectivity index (χ4v) is 4.56. The maximum absolute atomic E-state index is 13.0. The number of hydrogen-bond donors (Lipinski definition) is 1. The number of nitrogens with one attached hydrogen (secondary N) is 1. The highest BCUT2D eigenvalue weighted by molar-refractivity contribution is 6.22. The van der Waals surface area contributed by atoms with Crippen LogP contribution in [0.2, 0.25) is 0 Å². The lowest BCUT2D eigenvalue weighted by Crippen LogP contribution is -2.30. The van der Waals surface area contributed by atoms with Gasteiger partial charge >= 0.3 is 0 Å². The zero-order chi connectivity index (χ0) is 24.5. The molecule has 2 aliphatic heterocycles. The van der Waals surface area contributed by atoms with Crippen molar-refractivity contribution in [2.45, 2.75) is 26.2 Å². The lowest BCUT2D eigenvalue weighted by atomic mass is 10.1. The van der Waals surface area contributed by atoms with E-state index >= 15 is 0 Å². The summed E-state index contributed by atoms with van der Waals surface area (Å²) in [6, 6.07) is 19.2. The molecule has 0 spiro atoms. The van der Waals surface area contributed by atoms with Crippen LogP contribution in [0.5, 0.6) is 0 Å². The van der Waals surface area contributed by atoms with Gasteiger partial charge in [0.2, 0.25) is 0 Å². The van der Waals surface area contributed by atoms with E-state index in [0.717, 1.165) is 30.5 Å². The molecule has 0 aliphatic carbocycles. The smallest absolute Gasteiger partial charge is 0.261 e. The molecule has 1 N–H and O–H groups in total. The molecule has 0 unspecified atom stereocenters. The molecule has 0 saturated carbocycles. The minimum absolute atomic E-state index is 0.0812. The first-order valence-corrected chi connectivity index (χ1v) is 11.8. The van der Waals surface area contributed by atoms with Crippen molar-refractivity contribution in [1.82, 2.24) is 4.90 Å². The number of rotatable bonds is 6. The predicted molar refractivity (Wildman–Crippen MR) is 133 cm³/mol. The van der Waals surface area contributed by atoms with Crippen molar-refractivity contribution in [1.29, 1.82) is 0 Å². The summed E-state index contributed by atoms with van der Waals surface area (Å²) in [7, 11) is 0. The van der Waals surface area contributed by atoms with E-state index in [1.807, 2.05) is 31.2 Å². The number of unbranched alkanes of at least 4 members (excludes halogenated alkanes) is 1. The van der Waals surface area contributed by atoms with E-state index < -0.39 is 5.91 Å². The number of amides is 4. The predicted octanol–water partition coefficient (Wildman–Crippen LogP) is 4.54. The highest BCUT2D eigenvalue weighted by Gasteiger charge is 2.35. The molecule has 5 rings (SSSR count). The molecule has 3 aromatic carbocycles. The van der Waals surface area contributed by atoms with Crippen LogP contribution in [0, 0.1) is 0 Å². The van der Waals surface area contributed by atoms with E-state index in [-0.39, 0.29) is 28.8 Å². The number of carbonyl (C=O) groups excluding carboxylic acids is 4. The van der Waals surface area contributed by atoms with Gasteiger partial charge in [-0.15, -0.1) is 0 Å². The molecule has 176 valence electrons. The van der Waals surface area contributed by atoms with Gasteiger partial charge in [0, 0.05) is 35.6 Å². The minimum atomic E-state index is -0.396. The Labute approximate surface area is 203 Å². The fraction of sp³-hybridized carbons (Fsp3) is 0.214. The second kappa shape index (κ2) is 9.18. The number of hydrogen-bond acceptors (Lipinski definition) is 4. The molecule has 4 amide bonds. The van der Waals surface area contributed by atoms with Gasteiger partial charge in [-0.2, -0.15) is 0 Å². The highest BCUT2D eigenvalue weighted by atomic mass is 16.2. The SMILES string of the molecule is CCCCN1C(=O)c2ccc(C(=O)Nc3ccc(C(=O)N4CCc5ccccc54)cc3)cc2C1=O. The van der Waals surface area contributed by atoms with Crippen LogP contribution in [-0.4, -0.2) is 41.6 Å². The van der Waals surface area contributed by atoms with Crippen LogP contribution < -0.4 is 10.2 Å². The quantitative estimate of drug-likeness (QED) is 0.540. The van der Waals surface area contributed by atoms with E-state index in [4.69, 9.17) is 0 Å². The third-order valence-electron chi connectivity index (χ3n) is 6.49. The molecule has 2 heterocycles. The number of fused-ring (bicyclic) bond motifs is 2. The van der Waals surface area contributed by atoms with Gasteiger partial charge in [-0.05, 0) is 66.9 Å². The Kier molecular flexibility index (Phi) is 5.91. The number of carbonyl (C=O) groups is 4. The summed E-state index contributed by atoms with van der Waals surface area (Å²) in [6.07, 6.45) is 2.44. The van der Waals surface area contributed by atoms with Gasteiger partial charge in [-0.25, -0.2) is 0 Å². The van der Waals surface area contributed by atoms with Gasteiger partial charge < -0.3 is 10.2 Å². The van der Waals surface area contributed by atoms with Gasteiger partial charge in [0.05, 0.1) is 11.1 Å². The standard InChI is InChI=1S/C28H25N3O4/c1-2-3-15-31-27(34)22-13-10-20(17-23(22)28(31)35)25(32)29-21-11-8-19(9-12-21)26(33)30-16-14-18-6-4-5-7-24(18)30/h4-13,17H,2-3,14-16H2,1H3,(H,29,32). The van der Waals surface area contributed by atoms with Crippen LogP contribution in [0.1, 0.15) is 66.8 Å². The topological polar surface area (TPSA) is 86.8 Å². The molecular formula is C28H25N3O4. The Morgan fingerprint density at radius 1 is 0.886 bits per heavy atom. The number of para-hydroxylation sites is 1. The summed E-state index contributed by atoms with van der Waals surface area (Å²) < 4.78 is 0. The van der Waals surface area contributed by atoms with Crippen LogP contribution in [0.15, 0.2) is 66.7 Å². The molecule has 0 aromatic heterocycles. The van der Waals surface area contributed by atoms with E-state index in [1.165, 1.54) is 17.0 Å². The number of nitrogens with zero attached hydrogens (tertiary/aromatic N) is 2. The summed E-state index contributed by atoms with van der Waals surface area (Å²) >= 11 is 0. The normalized spacial score (nSPS) is 14.2. The monoisotopic (exact) mass is 467 g/mol. The number of anilines is 2. The maximum atomic E-state index is 13.0. The van der Waals surface area contributed by atoms with Crippen molar-refractivity contribution < 1.29 is 19.2 Å². The lowest BCUT2D eigenvalue weighted by Gasteiger charge is -2.17. The molecule has 0 saturated heterocycles. The zero-order valence-corrected chi connectivity index (χ0v) is 19.4. The second-order valence-corrected chi connectivity index (χ2v) is 8.74. The highest BCUT2D eigenvalue weighted by Crippen LogP contribution is 2.29. The van der Waals surface area contributed by atoms with Crippen molar-refractivity contribution in [2.75, 3.05) is 23.3 Å². The van der Waals surface area contributed by atoms with Gasteiger partial charge in [0.15, 0.2) is 0 Å². The van der Waals surface area contributed by atoms with Crippen LogP contribution in [-0.2, 0) is 6.42 Å². The van der Waals surface area contributed by atoms with Crippen LogP contribution in [0.3, 0.4) is 0 Å². The lowest BCUT2D eigenvalue weighted by molar-refractivity contribution is 0.0652. The molecule has 7 nitrogen and oxygen atoms in total. The van der Waals surface area contributed by atoms with Crippen LogP contribution >= 0.6 is 0 Å². The summed E-state index contributed by atoms with van der Waals surface area (Å²) in [5.41, 5.74) is 4.03. The Morgan fingerprint density at radius 3 is 2.37 bits per heavy atom. The van der Waals surface area contributed by atoms with E-state index in [2.05, 4.69) is 5.32 Å². The largest absolute Gasteiger partial charge is 0.322 e. The van der Waals surface area contributed by atoms with Gasteiger partial charge in [-0.1, -0.05) is 31.5 Å². The first-order chi connectivity index (χ1) is 17.0. The van der Waals surface area contributed by atoms with E-state index in [0.29, 0.717) is 29.9 Å². The van der Waals surface area contributed by atoms with Crippen molar-refractivity contribution in [2.24, 2.45) is 0 Å². The third kappa shape index (κ3) is 4.10. The van der Waals surface area contributed by atoms with Crippen molar-refractivity contribution in [3.8, 4) is 0 Å². The van der Waals surface area contributed by atoms with Crippen LogP contribution in [0.25, 0.3) is 0 Å². The Hall–Kier alpha value is -4.26. The average molecular weight is 468 g/mol. The summed E-state index contributed by atoms with van der Waals surface area (Å²) in [5, 5.41) is 2.80. The van der Waals surface area contributed by atoms with E-state index in [1.54, 1.807) is 35.2 Å². The molecule has 0 fully saturated rings.